The number of ether oxygens (including phenoxy) is 1. The summed E-state index contributed by atoms with van der Waals surface area (Å²) >= 11 is 0. The lowest BCUT2D eigenvalue weighted by molar-refractivity contribution is -0.125. The predicted molar refractivity (Wildman–Crippen MR) is 161 cm³/mol. The Balaban J connectivity index is 1.39. The second kappa shape index (κ2) is 10.2. The molecule has 2 aliphatic heterocycles. The number of fused-ring (bicyclic) bond motifs is 3. The fraction of sp³-hybridized carbons (Fsp3) is 0.333. The van der Waals surface area contributed by atoms with E-state index < -0.39 is 23.5 Å². The first-order chi connectivity index (χ1) is 21.1. The second-order valence-corrected chi connectivity index (χ2v) is 12.3. The number of benzene rings is 3. The number of nitrogens with zero attached hydrogens (tertiary/aromatic N) is 4. The Kier molecular flexibility index (Phi) is 6.54. The first-order valence-electron chi connectivity index (χ1n) is 14.6. The zero-order valence-electron chi connectivity index (χ0n) is 24.6. The van der Waals surface area contributed by atoms with E-state index in [0.29, 0.717) is 51.7 Å². The van der Waals surface area contributed by atoms with Gasteiger partial charge < -0.3 is 19.6 Å². The van der Waals surface area contributed by atoms with Crippen LogP contribution in [0.15, 0.2) is 48.2 Å². The highest BCUT2D eigenvalue weighted by molar-refractivity contribution is 6.16. The molecule has 9 nitrogen and oxygen atoms in total. The molecule has 4 aromatic rings. The summed E-state index contributed by atoms with van der Waals surface area (Å²) < 4.78 is 37.8. The number of amides is 2. The molecule has 1 atom stereocenters. The zero-order valence-corrected chi connectivity index (χ0v) is 24.6. The van der Waals surface area contributed by atoms with Crippen molar-refractivity contribution < 1.29 is 28.2 Å². The summed E-state index contributed by atoms with van der Waals surface area (Å²) in [6.45, 7) is 3.15. The lowest BCUT2D eigenvalue weighted by Gasteiger charge is -2.22. The average Bonchev–Trinajstić information content (AvgIpc) is 3.49. The number of aromatic hydroxyl groups is 1. The van der Waals surface area contributed by atoms with Crippen LogP contribution in [0, 0.1) is 23.0 Å². The van der Waals surface area contributed by atoms with Crippen molar-refractivity contribution in [1.29, 1.82) is 0 Å². The molecule has 0 bridgehead atoms. The van der Waals surface area contributed by atoms with Crippen LogP contribution in [0.4, 0.5) is 14.6 Å². The summed E-state index contributed by atoms with van der Waals surface area (Å²) in [4.78, 5) is 37.7. The molecule has 1 unspecified atom stereocenters. The highest BCUT2D eigenvalue weighted by Crippen LogP contribution is 2.46. The van der Waals surface area contributed by atoms with Gasteiger partial charge in [0.05, 0.1) is 12.5 Å². The summed E-state index contributed by atoms with van der Waals surface area (Å²) in [5.41, 5.74) is 1.13. The van der Waals surface area contributed by atoms with Crippen molar-refractivity contribution in [2.45, 2.75) is 26.2 Å². The van der Waals surface area contributed by atoms with Gasteiger partial charge in [-0.1, -0.05) is 19.1 Å². The van der Waals surface area contributed by atoms with Crippen molar-refractivity contribution in [2.24, 2.45) is 11.3 Å². The third-order valence-corrected chi connectivity index (χ3v) is 8.82. The first-order valence-corrected chi connectivity index (χ1v) is 14.6. The number of phenolic OH excluding ortho intramolecular Hbond substituents is 1. The molecule has 3 aromatic carbocycles. The van der Waals surface area contributed by atoms with Crippen LogP contribution in [0.1, 0.15) is 25.3 Å². The molecule has 1 saturated carbocycles. The molecular weight excluding hydrogens is 568 g/mol. The fourth-order valence-corrected chi connectivity index (χ4v) is 6.55. The lowest BCUT2D eigenvalue weighted by atomic mass is 9.92. The molecule has 3 aliphatic rings. The number of phenols is 1. The Morgan fingerprint density at radius 1 is 1.11 bits per heavy atom. The summed E-state index contributed by atoms with van der Waals surface area (Å²) in [5, 5.41) is 14.3. The third-order valence-electron chi connectivity index (χ3n) is 8.82. The van der Waals surface area contributed by atoms with Gasteiger partial charge in [-0.3, -0.25) is 14.9 Å². The molecule has 2 fully saturated rings. The van der Waals surface area contributed by atoms with E-state index in [2.05, 4.69) is 20.2 Å². The number of aromatic nitrogens is 2. The van der Waals surface area contributed by atoms with Gasteiger partial charge in [-0.05, 0) is 79.5 Å². The normalized spacial score (nSPS) is 18.7. The number of carbonyl (C=O) groups excluding carboxylic acids is 2. The third kappa shape index (κ3) is 4.62. The van der Waals surface area contributed by atoms with Crippen molar-refractivity contribution in [3.05, 3.63) is 65.4 Å². The number of hydrogen-bond acceptors (Lipinski definition) is 8. The standard InChI is InChI=1S/C33H31F2N5O4/c1-4-19-25(34)8-5-17-11-18(41)12-22(26(17)19)20-6-7-21-28(27(20)35)36-32(44-16-33(9-10-33)15-39(2)3)37-29(21)40-13-23-24(14-40)31(43)38-30(23)42/h5-8,11-13,24,41H,4,9-10,14-16H2,1-3H3,(H,38,42,43). The van der Waals surface area contributed by atoms with Gasteiger partial charge in [-0.2, -0.15) is 9.97 Å². The van der Waals surface area contributed by atoms with Gasteiger partial charge in [0, 0.05) is 41.2 Å². The second-order valence-electron chi connectivity index (χ2n) is 12.3. The molecule has 2 N–H and O–H groups in total. The van der Waals surface area contributed by atoms with Crippen molar-refractivity contribution in [1.82, 2.24) is 20.2 Å². The fourth-order valence-electron chi connectivity index (χ4n) is 6.55. The van der Waals surface area contributed by atoms with E-state index in [1.807, 2.05) is 21.0 Å². The van der Waals surface area contributed by atoms with Crippen LogP contribution in [-0.4, -0.2) is 65.6 Å². The predicted octanol–water partition coefficient (Wildman–Crippen LogP) is 4.69. The molecular formula is C33H31F2N5O4. The van der Waals surface area contributed by atoms with Gasteiger partial charge in [-0.15, -0.1) is 0 Å². The van der Waals surface area contributed by atoms with Gasteiger partial charge >= 0.3 is 6.01 Å². The minimum absolute atomic E-state index is 0.0270. The molecule has 2 amide bonds. The van der Waals surface area contributed by atoms with E-state index in [0.717, 1.165) is 19.4 Å². The first kappa shape index (κ1) is 28.1. The Labute approximate surface area is 252 Å². The quantitative estimate of drug-likeness (QED) is 0.281. The van der Waals surface area contributed by atoms with E-state index in [9.17, 15) is 19.1 Å². The zero-order chi connectivity index (χ0) is 30.9. The number of hydrogen-bond donors (Lipinski definition) is 2. The molecule has 1 aromatic heterocycles. The summed E-state index contributed by atoms with van der Waals surface area (Å²) in [5.74, 6) is -2.38. The molecule has 0 spiro atoms. The maximum Gasteiger partial charge on any atom is 0.319 e. The van der Waals surface area contributed by atoms with Crippen molar-refractivity contribution in [3.8, 4) is 22.9 Å². The Morgan fingerprint density at radius 2 is 1.91 bits per heavy atom. The van der Waals surface area contributed by atoms with E-state index in [1.165, 1.54) is 18.2 Å². The van der Waals surface area contributed by atoms with Gasteiger partial charge in [-0.25, -0.2) is 8.78 Å². The van der Waals surface area contributed by atoms with Crippen LogP contribution >= 0.6 is 0 Å². The summed E-state index contributed by atoms with van der Waals surface area (Å²) in [6.07, 6.45) is 3.91. The summed E-state index contributed by atoms with van der Waals surface area (Å²) in [6, 6.07) is 9.06. The number of halogens is 2. The molecule has 1 aliphatic carbocycles. The van der Waals surface area contributed by atoms with Crippen LogP contribution in [0.3, 0.4) is 0 Å². The van der Waals surface area contributed by atoms with E-state index in [4.69, 9.17) is 4.74 Å². The Bertz CT molecular complexity index is 1920. The maximum absolute atomic E-state index is 16.7. The largest absolute Gasteiger partial charge is 0.508 e. The Hall–Kier alpha value is -4.64. The van der Waals surface area contributed by atoms with E-state index in [1.54, 1.807) is 29.3 Å². The molecule has 3 heterocycles. The topological polar surface area (TPSA) is 108 Å². The highest BCUT2D eigenvalue weighted by Gasteiger charge is 2.45. The number of aryl methyl sites for hydroxylation is 1. The molecule has 7 rings (SSSR count). The minimum atomic E-state index is -0.690. The smallest absolute Gasteiger partial charge is 0.319 e. The summed E-state index contributed by atoms with van der Waals surface area (Å²) in [7, 11) is 4.00. The van der Waals surface area contributed by atoms with Gasteiger partial charge in [0.15, 0.2) is 5.82 Å². The van der Waals surface area contributed by atoms with Crippen LogP contribution in [0.5, 0.6) is 11.8 Å². The van der Waals surface area contributed by atoms with Crippen LogP contribution in [0.2, 0.25) is 0 Å². The Morgan fingerprint density at radius 3 is 2.61 bits per heavy atom. The van der Waals surface area contributed by atoms with E-state index in [-0.39, 0.29) is 40.7 Å². The van der Waals surface area contributed by atoms with Gasteiger partial charge in [0.25, 0.3) is 5.91 Å². The maximum atomic E-state index is 16.7. The highest BCUT2D eigenvalue weighted by atomic mass is 19.1. The van der Waals surface area contributed by atoms with E-state index >= 15 is 4.39 Å². The lowest BCUT2D eigenvalue weighted by Crippen LogP contribution is -2.29. The van der Waals surface area contributed by atoms with Crippen LogP contribution in [0.25, 0.3) is 32.8 Å². The number of anilines is 1. The minimum Gasteiger partial charge on any atom is -0.508 e. The molecule has 226 valence electrons. The van der Waals surface area contributed by atoms with Crippen molar-refractivity contribution in [3.63, 3.8) is 0 Å². The molecule has 11 heteroatoms. The molecule has 1 saturated heterocycles. The average molecular weight is 600 g/mol. The number of nitrogens with one attached hydrogen (secondary N) is 1. The molecule has 0 radical (unpaired) electrons. The van der Waals surface area contributed by atoms with Crippen molar-refractivity contribution >= 4 is 39.3 Å². The number of rotatable bonds is 8. The van der Waals surface area contributed by atoms with Crippen LogP contribution in [-0.2, 0) is 16.0 Å². The van der Waals surface area contributed by atoms with Crippen molar-refractivity contribution in [2.75, 3.05) is 38.7 Å². The number of carbonyl (C=O) groups is 2. The van der Waals surface area contributed by atoms with Gasteiger partial charge in [0.2, 0.25) is 5.91 Å². The molecule has 44 heavy (non-hydrogen) atoms. The van der Waals surface area contributed by atoms with Gasteiger partial charge in [0.1, 0.15) is 22.9 Å². The van der Waals surface area contributed by atoms with Crippen LogP contribution < -0.4 is 15.0 Å². The monoisotopic (exact) mass is 599 g/mol. The number of imide groups is 1. The SMILES string of the molecule is CCc1c(F)ccc2cc(O)cc(-c3ccc4c(N5C=C6C(=O)NC(=O)C6C5)nc(OCC5(CN(C)C)CC5)nc4c3F)c12.